The van der Waals surface area contributed by atoms with Crippen LogP contribution in [0.3, 0.4) is 0 Å². The van der Waals surface area contributed by atoms with E-state index in [2.05, 4.69) is 20.4 Å². The molecule has 1 aliphatic heterocycles. The van der Waals surface area contributed by atoms with E-state index in [9.17, 15) is 9.90 Å². The van der Waals surface area contributed by atoms with Gasteiger partial charge in [-0.25, -0.2) is 0 Å². The number of piperidine rings is 1. The molecule has 7 heteroatoms. The summed E-state index contributed by atoms with van der Waals surface area (Å²) in [6, 6.07) is 1.85. The third-order valence-corrected chi connectivity index (χ3v) is 3.55. The van der Waals surface area contributed by atoms with E-state index in [0.29, 0.717) is 26.1 Å². The number of aromatic nitrogens is 2. The Labute approximate surface area is 118 Å². The van der Waals surface area contributed by atoms with Crippen LogP contribution in [0.15, 0.2) is 6.07 Å². The van der Waals surface area contributed by atoms with Gasteiger partial charge in [-0.1, -0.05) is 0 Å². The van der Waals surface area contributed by atoms with Crippen LogP contribution in [0.4, 0.5) is 0 Å². The summed E-state index contributed by atoms with van der Waals surface area (Å²) in [6.45, 7) is 2.23. The van der Waals surface area contributed by atoms with Crippen LogP contribution in [0.25, 0.3) is 0 Å². The van der Waals surface area contributed by atoms with E-state index >= 15 is 0 Å². The molecule has 1 aromatic rings. The van der Waals surface area contributed by atoms with E-state index in [0.717, 1.165) is 17.9 Å². The molecule has 0 radical (unpaired) electrons. The molecule has 0 saturated carbocycles. The molecule has 1 amide bonds. The van der Waals surface area contributed by atoms with Crippen LogP contribution in [0.2, 0.25) is 0 Å². The van der Waals surface area contributed by atoms with Crippen LogP contribution in [0, 0.1) is 5.92 Å². The molecular formula is C13H22N4O3. The van der Waals surface area contributed by atoms with Gasteiger partial charge in [-0.05, 0) is 19.5 Å². The Morgan fingerprint density at radius 1 is 1.70 bits per heavy atom. The molecule has 0 aliphatic carbocycles. The van der Waals surface area contributed by atoms with Crippen molar-refractivity contribution in [3.63, 3.8) is 0 Å². The summed E-state index contributed by atoms with van der Waals surface area (Å²) in [4.78, 5) is 14.2. The predicted molar refractivity (Wildman–Crippen MR) is 72.8 cm³/mol. The normalized spacial score (nSPS) is 23.8. The van der Waals surface area contributed by atoms with Crippen molar-refractivity contribution in [3.8, 4) is 0 Å². The second-order valence-electron chi connectivity index (χ2n) is 5.26. The van der Waals surface area contributed by atoms with E-state index in [1.807, 2.05) is 13.1 Å². The molecule has 0 spiro atoms. The lowest BCUT2D eigenvalue weighted by Crippen LogP contribution is -2.48. The smallest absolute Gasteiger partial charge is 0.227 e. The van der Waals surface area contributed by atoms with Gasteiger partial charge in [0.25, 0.3) is 0 Å². The molecule has 112 valence electrons. The van der Waals surface area contributed by atoms with Crippen molar-refractivity contribution in [2.24, 2.45) is 5.92 Å². The second kappa shape index (κ2) is 6.83. The molecular weight excluding hydrogens is 260 g/mol. The Morgan fingerprint density at radius 3 is 3.25 bits per heavy atom. The first kappa shape index (κ1) is 15.0. The first-order valence-corrected chi connectivity index (χ1v) is 6.76. The average Bonchev–Trinajstić information content (AvgIpc) is 2.87. The lowest BCUT2D eigenvalue weighted by molar-refractivity contribution is -0.131. The summed E-state index contributed by atoms with van der Waals surface area (Å²) >= 11 is 0. The maximum absolute atomic E-state index is 12.1. The van der Waals surface area contributed by atoms with E-state index in [-0.39, 0.29) is 11.8 Å². The number of aliphatic hydroxyl groups is 1. The van der Waals surface area contributed by atoms with Gasteiger partial charge in [-0.2, -0.15) is 5.10 Å². The zero-order valence-electron chi connectivity index (χ0n) is 11.9. The van der Waals surface area contributed by atoms with Gasteiger partial charge < -0.3 is 20.1 Å². The van der Waals surface area contributed by atoms with Crippen molar-refractivity contribution in [2.45, 2.75) is 25.7 Å². The van der Waals surface area contributed by atoms with Crippen LogP contribution in [0.1, 0.15) is 17.8 Å². The quantitative estimate of drug-likeness (QED) is 0.676. The Kier molecular flexibility index (Phi) is 5.11. The minimum absolute atomic E-state index is 0.119. The first-order chi connectivity index (χ1) is 9.60. The molecule has 2 heterocycles. The lowest BCUT2D eigenvalue weighted by atomic mass is 9.94. The van der Waals surface area contributed by atoms with Gasteiger partial charge >= 0.3 is 0 Å². The maximum atomic E-state index is 12.1. The topological polar surface area (TPSA) is 90.5 Å². The summed E-state index contributed by atoms with van der Waals surface area (Å²) in [7, 11) is 3.56. The van der Waals surface area contributed by atoms with Crippen LogP contribution >= 0.6 is 0 Å². The molecule has 1 saturated heterocycles. The minimum atomic E-state index is -0.558. The summed E-state index contributed by atoms with van der Waals surface area (Å²) in [5.41, 5.74) is 1.62. The monoisotopic (exact) mass is 282 g/mol. The van der Waals surface area contributed by atoms with E-state index < -0.39 is 6.10 Å². The SMILES string of the molecule is COCc1cc(CNC(=O)[C@@H]2CN(C)CC[C@H]2O)[nH]n1. The van der Waals surface area contributed by atoms with Crippen molar-refractivity contribution in [3.05, 3.63) is 17.5 Å². The van der Waals surface area contributed by atoms with Crippen LogP contribution in [-0.4, -0.2) is 59.5 Å². The third kappa shape index (κ3) is 3.78. The highest BCUT2D eigenvalue weighted by Crippen LogP contribution is 2.16. The number of aliphatic hydroxyl groups excluding tert-OH is 1. The highest BCUT2D eigenvalue weighted by atomic mass is 16.5. The molecule has 1 fully saturated rings. The number of nitrogens with zero attached hydrogens (tertiary/aromatic N) is 2. The zero-order chi connectivity index (χ0) is 14.5. The molecule has 0 aromatic carbocycles. The van der Waals surface area contributed by atoms with Gasteiger partial charge in [0.1, 0.15) is 0 Å². The first-order valence-electron chi connectivity index (χ1n) is 6.76. The third-order valence-electron chi connectivity index (χ3n) is 3.55. The fourth-order valence-corrected chi connectivity index (χ4v) is 2.40. The molecule has 0 unspecified atom stereocenters. The van der Waals surface area contributed by atoms with Gasteiger partial charge in [0.2, 0.25) is 5.91 Å². The number of hydrogen-bond acceptors (Lipinski definition) is 5. The van der Waals surface area contributed by atoms with Gasteiger partial charge in [-0.3, -0.25) is 9.89 Å². The Hall–Kier alpha value is -1.44. The summed E-state index contributed by atoms with van der Waals surface area (Å²) in [6.07, 6.45) is 0.0772. The van der Waals surface area contributed by atoms with E-state index in [1.165, 1.54) is 0 Å². The largest absolute Gasteiger partial charge is 0.392 e. The number of aromatic amines is 1. The summed E-state index contributed by atoms with van der Waals surface area (Å²) in [5, 5.41) is 19.7. The number of carbonyl (C=O) groups excluding carboxylic acids is 1. The minimum Gasteiger partial charge on any atom is -0.392 e. The van der Waals surface area contributed by atoms with Crippen molar-refractivity contribution in [1.29, 1.82) is 0 Å². The van der Waals surface area contributed by atoms with Crippen molar-refractivity contribution < 1.29 is 14.6 Å². The molecule has 2 atom stereocenters. The average molecular weight is 282 g/mol. The Balaban J connectivity index is 1.84. The van der Waals surface area contributed by atoms with Crippen LogP contribution < -0.4 is 5.32 Å². The van der Waals surface area contributed by atoms with Crippen molar-refractivity contribution in [1.82, 2.24) is 20.4 Å². The number of carbonyl (C=O) groups is 1. The van der Waals surface area contributed by atoms with Gasteiger partial charge in [-0.15, -0.1) is 0 Å². The van der Waals surface area contributed by atoms with Gasteiger partial charge in [0.15, 0.2) is 0 Å². The predicted octanol–water partition coefficient (Wildman–Crippen LogP) is -0.515. The molecule has 2 rings (SSSR count). The summed E-state index contributed by atoms with van der Waals surface area (Å²) in [5.74, 6) is -0.484. The van der Waals surface area contributed by atoms with Gasteiger partial charge in [0, 0.05) is 20.2 Å². The van der Waals surface area contributed by atoms with E-state index in [1.54, 1.807) is 7.11 Å². The van der Waals surface area contributed by atoms with Crippen LogP contribution in [0.5, 0.6) is 0 Å². The number of ether oxygens (including phenoxy) is 1. The van der Waals surface area contributed by atoms with Crippen molar-refractivity contribution in [2.75, 3.05) is 27.2 Å². The van der Waals surface area contributed by atoms with Crippen LogP contribution in [-0.2, 0) is 22.7 Å². The molecule has 7 nitrogen and oxygen atoms in total. The fraction of sp³-hybridized carbons (Fsp3) is 0.692. The number of methoxy groups -OCH3 is 1. The summed E-state index contributed by atoms with van der Waals surface area (Å²) < 4.78 is 4.98. The van der Waals surface area contributed by atoms with E-state index in [4.69, 9.17) is 4.74 Å². The highest BCUT2D eigenvalue weighted by molar-refractivity contribution is 5.79. The molecule has 3 N–H and O–H groups in total. The fourth-order valence-electron chi connectivity index (χ4n) is 2.40. The van der Waals surface area contributed by atoms with Gasteiger partial charge in [0.05, 0.1) is 36.6 Å². The number of amides is 1. The second-order valence-corrected chi connectivity index (χ2v) is 5.26. The molecule has 20 heavy (non-hydrogen) atoms. The molecule has 0 bridgehead atoms. The number of rotatable bonds is 5. The number of H-pyrrole nitrogens is 1. The Bertz CT molecular complexity index is 449. The maximum Gasteiger partial charge on any atom is 0.227 e. The molecule has 1 aliphatic rings. The Morgan fingerprint density at radius 2 is 2.50 bits per heavy atom. The molecule has 1 aromatic heterocycles. The standard InChI is InChI=1S/C13H22N4O3/c1-17-4-3-12(18)11(7-17)13(19)14-6-9-5-10(8-20-2)16-15-9/h5,11-12,18H,3-4,6-8H2,1-2H3,(H,14,19)(H,15,16)/t11-,12-/m1/s1. The zero-order valence-corrected chi connectivity index (χ0v) is 11.9. The van der Waals surface area contributed by atoms with Crippen molar-refractivity contribution >= 4 is 5.91 Å². The number of nitrogens with one attached hydrogen (secondary N) is 2. The highest BCUT2D eigenvalue weighted by Gasteiger charge is 2.31. The lowest BCUT2D eigenvalue weighted by Gasteiger charge is -2.32. The number of likely N-dealkylation sites (tertiary alicyclic amines) is 1. The number of hydrogen-bond donors (Lipinski definition) is 3.